The van der Waals surface area contributed by atoms with E-state index in [1.54, 1.807) is 36.7 Å². The summed E-state index contributed by atoms with van der Waals surface area (Å²) in [6.45, 7) is 0.165. The number of hydrogen-bond donors (Lipinski definition) is 2. The van der Waals surface area contributed by atoms with Gasteiger partial charge >= 0.3 is 0 Å². The maximum Gasteiger partial charge on any atom is 0.255 e. The van der Waals surface area contributed by atoms with E-state index in [-0.39, 0.29) is 12.7 Å². The smallest absolute Gasteiger partial charge is 0.255 e. The number of hydrogen-bond acceptors (Lipinski definition) is 4. The second-order valence-electron chi connectivity index (χ2n) is 5.94. The number of H-pyrrole nitrogens is 1. The number of anilines is 1. The molecule has 0 bridgehead atoms. The number of carbonyl (C=O) groups excluding carboxylic acids is 1. The van der Waals surface area contributed by atoms with E-state index in [4.69, 9.17) is 21.1 Å². The standard InChI is InChI=1S/C19H12ClN3O3/c20-11-6-13-12-3-4-21-8-15(12)22-18(13)14(7-11)23-19(24)10-1-2-16-17(5-10)26-9-25-16/h1-8,22H,9H2,(H,23,24). The molecule has 0 aliphatic carbocycles. The number of aromatic amines is 1. The highest BCUT2D eigenvalue weighted by molar-refractivity contribution is 6.33. The van der Waals surface area contributed by atoms with Crippen molar-refractivity contribution in [1.29, 1.82) is 0 Å². The van der Waals surface area contributed by atoms with E-state index in [0.29, 0.717) is 27.8 Å². The van der Waals surface area contributed by atoms with Gasteiger partial charge in [-0.15, -0.1) is 0 Å². The Balaban J connectivity index is 1.57. The maximum absolute atomic E-state index is 12.7. The number of ether oxygens (including phenoxy) is 2. The van der Waals surface area contributed by atoms with Gasteiger partial charge in [-0.1, -0.05) is 11.6 Å². The average molecular weight is 366 g/mol. The Hall–Kier alpha value is -3.25. The van der Waals surface area contributed by atoms with E-state index in [1.165, 1.54) is 0 Å². The fourth-order valence-corrected chi connectivity index (χ4v) is 3.37. The van der Waals surface area contributed by atoms with Crippen LogP contribution in [0.5, 0.6) is 11.5 Å². The molecule has 5 rings (SSSR count). The molecule has 6 nitrogen and oxygen atoms in total. The minimum Gasteiger partial charge on any atom is -0.454 e. The molecule has 0 atom stereocenters. The Bertz CT molecular complexity index is 1190. The normalized spacial score (nSPS) is 12.7. The molecule has 3 heterocycles. The molecule has 2 aromatic heterocycles. The van der Waals surface area contributed by atoms with Gasteiger partial charge in [0.2, 0.25) is 6.79 Å². The second kappa shape index (κ2) is 5.64. The zero-order chi connectivity index (χ0) is 17.7. The summed E-state index contributed by atoms with van der Waals surface area (Å²) in [4.78, 5) is 20.1. The summed E-state index contributed by atoms with van der Waals surface area (Å²) in [5.41, 5.74) is 2.75. The first-order chi connectivity index (χ1) is 12.7. The summed E-state index contributed by atoms with van der Waals surface area (Å²) in [6, 6.07) is 10.6. The fraction of sp³-hybridized carbons (Fsp3) is 0.0526. The maximum atomic E-state index is 12.7. The van der Waals surface area contributed by atoms with Crippen molar-refractivity contribution in [3.05, 3.63) is 59.4 Å². The summed E-state index contributed by atoms with van der Waals surface area (Å²) >= 11 is 6.27. The van der Waals surface area contributed by atoms with Gasteiger partial charge in [-0.2, -0.15) is 0 Å². The molecule has 4 aromatic rings. The minimum atomic E-state index is -0.261. The SMILES string of the molecule is O=C(Nc1cc(Cl)cc2c1[nH]c1cnccc12)c1ccc2c(c1)OCO2. The van der Waals surface area contributed by atoms with Crippen LogP contribution in [0.1, 0.15) is 10.4 Å². The van der Waals surface area contributed by atoms with Crippen LogP contribution < -0.4 is 14.8 Å². The molecule has 1 amide bonds. The van der Waals surface area contributed by atoms with E-state index >= 15 is 0 Å². The third-order valence-electron chi connectivity index (χ3n) is 4.36. The number of benzene rings is 2. The summed E-state index contributed by atoms with van der Waals surface area (Å²) in [6.07, 6.45) is 3.47. The first-order valence-corrected chi connectivity index (χ1v) is 8.33. The number of nitrogens with one attached hydrogen (secondary N) is 2. The highest BCUT2D eigenvalue weighted by atomic mass is 35.5. The third kappa shape index (κ3) is 2.34. The Morgan fingerprint density at radius 1 is 1.12 bits per heavy atom. The van der Waals surface area contributed by atoms with E-state index in [1.807, 2.05) is 12.1 Å². The molecule has 2 aromatic carbocycles. The van der Waals surface area contributed by atoms with Crippen molar-refractivity contribution in [3.63, 3.8) is 0 Å². The lowest BCUT2D eigenvalue weighted by atomic mass is 10.1. The summed E-state index contributed by atoms with van der Waals surface area (Å²) in [5, 5.41) is 5.38. The van der Waals surface area contributed by atoms with Crippen molar-refractivity contribution in [3.8, 4) is 11.5 Å². The summed E-state index contributed by atoms with van der Waals surface area (Å²) in [7, 11) is 0. The number of nitrogens with zero attached hydrogens (tertiary/aromatic N) is 1. The third-order valence-corrected chi connectivity index (χ3v) is 4.58. The van der Waals surface area contributed by atoms with Gasteiger partial charge in [-0.3, -0.25) is 9.78 Å². The molecule has 0 spiro atoms. The van der Waals surface area contributed by atoms with Gasteiger partial charge in [0, 0.05) is 27.6 Å². The Morgan fingerprint density at radius 3 is 2.92 bits per heavy atom. The predicted molar refractivity (Wildman–Crippen MR) is 99.1 cm³/mol. The van der Waals surface area contributed by atoms with Crippen molar-refractivity contribution < 1.29 is 14.3 Å². The highest BCUT2D eigenvalue weighted by Crippen LogP contribution is 2.35. The van der Waals surface area contributed by atoms with Gasteiger partial charge in [0.05, 0.1) is 22.9 Å². The molecular formula is C19H12ClN3O3. The Labute approximate surface area is 152 Å². The average Bonchev–Trinajstić information content (AvgIpc) is 3.25. The first-order valence-electron chi connectivity index (χ1n) is 7.95. The number of amides is 1. The van der Waals surface area contributed by atoms with Crippen molar-refractivity contribution >= 4 is 45.0 Å². The van der Waals surface area contributed by atoms with E-state index in [2.05, 4.69) is 15.3 Å². The van der Waals surface area contributed by atoms with Crippen molar-refractivity contribution in [2.24, 2.45) is 0 Å². The zero-order valence-electron chi connectivity index (χ0n) is 13.4. The van der Waals surface area contributed by atoms with E-state index < -0.39 is 0 Å². The lowest BCUT2D eigenvalue weighted by Crippen LogP contribution is -2.12. The summed E-state index contributed by atoms with van der Waals surface area (Å²) < 4.78 is 10.6. The van der Waals surface area contributed by atoms with Crippen molar-refractivity contribution in [2.45, 2.75) is 0 Å². The van der Waals surface area contributed by atoms with Gasteiger partial charge in [0.1, 0.15) is 0 Å². The van der Waals surface area contributed by atoms with E-state index in [9.17, 15) is 4.79 Å². The molecular weight excluding hydrogens is 354 g/mol. The Kier molecular flexibility index (Phi) is 3.26. The zero-order valence-corrected chi connectivity index (χ0v) is 14.1. The second-order valence-corrected chi connectivity index (χ2v) is 6.38. The quantitative estimate of drug-likeness (QED) is 0.553. The fourth-order valence-electron chi connectivity index (χ4n) is 3.15. The highest BCUT2D eigenvalue weighted by Gasteiger charge is 2.18. The van der Waals surface area contributed by atoms with Crippen LogP contribution in [0.4, 0.5) is 5.69 Å². The van der Waals surface area contributed by atoms with Crippen LogP contribution in [-0.2, 0) is 0 Å². The van der Waals surface area contributed by atoms with Gasteiger partial charge in [0.15, 0.2) is 11.5 Å². The molecule has 26 heavy (non-hydrogen) atoms. The van der Waals surface area contributed by atoms with Crippen LogP contribution in [0.3, 0.4) is 0 Å². The van der Waals surface area contributed by atoms with Crippen molar-refractivity contribution in [1.82, 2.24) is 9.97 Å². The number of rotatable bonds is 2. The molecule has 0 saturated carbocycles. The molecule has 0 unspecified atom stereocenters. The molecule has 0 radical (unpaired) electrons. The molecule has 0 fully saturated rings. The van der Waals surface area contributed by atoms with Crippen LogP contribution in [0.2, 0.25) is 5.02 Å². The molecule has 7 heteroatoms. The lowest BCUT2D eigenvalue weighted by Gasteiger charge is -2.08. The van der Waals surface area contributed by atoms with Gasteiger partial charge in [-0.05, 0) is 36.4 Å². The lowest BCUT2D eigenvalue weighted by molar-refractivity contribution is 0.102. The van der Waals surface area contributed by atoms with Gasteiger partial charge in [-0.25, -0.2) is 0 Å². The number of halogens is 1. The number of fused-ring (bicyclic) bond motifs is 4. The molecule has 128 valence electrons. The topological polar surface area (TPSA) is 76.2 Å². The van der Waals surface area contributed by atoms with Crippen LogP contribution in [0.15, 0.2) is 48.8 Å². The number of pyridine rings is 1. The number of carbonyl (C=O) groups is 1. The van der Waals surface area contributed by atoms with Crippen LogP contribution in [0.25, 0.3) is 21.8 Å². The predicted octanol–water partition coefficient (Wildman–Crippen LogP) is 4.35. The first kappa shape index (κ1) is 15.0. The minimum absolute atomic E-state index is 0.165. The van der Waals surface area contributed by atoms with E-state index in [0.717, 1.165) is 21.8 Å². The van der Waals surface area contributed by atoms with Gasteiger partial charge in [0.25, 0.3) is 5.91 Å². The van der Waals surface area contributed by atoms with Gasteiger partial charge < -0.3 is 19.8 Å². The molecule has 2 N–H and O–H groups in total. The van der Waals surface area contributed by atoms with Crippen LogP contribution in [0, 0.1) is 0 Å². The summed E-state index contributed by atoms with van der Waals surface area (Å²) in [5.74, 6) is 0.934. The largest absolute Gasteiger partial charge is 0.454 e. The van der Waals surface area contributed by atoms with Crippen LogP contribution in [-0.4, -0.2) is 22.7 Å². The molecule has 0 saturated heterocycles. The molecule has 1 aliphatic rings. The molecule has 1 aliphatic heterocycles. The Morgan fingerprint density at radius 2 is 2.00 bits per heavy atom. The number of aromatic nitrogens is 2. The van der Waals surface area contributed by atoms with Crippen LogP contribution >= 0.6 is 11.6 Å². The monoisotopic (exact) mass is 365 g/mol. The van der Waals surface area contributed by atoms with Crippen molar-refractivity contribution in [2.75, 3.05) is 12.1 Å².